The molecule has 2 aromatic heterocycles. The number of nitrogens with zero attached hydrogens (tertiary/aromatic N) is 4. The van der Waals surface area contributed by atoms with E-state index in [2.05, 4.69) is 15.2 Å². The second kappa shape index (κ2) is 7.08. The molecule has 0 bridgehead atoms. The first-order valence-corrected chi connectivity index (χ1v) is 7.53. The van der Waals surface area contributed by atoms with Crippen molar-refractivity contribution in [3.63, 3.8) is 0 Å². The third-order valence-electron chi connectivity index (χ3n) is 3.34. The highest BCUT2D eigenvalue weighted by Crippen LogP contribution is 2.26. The van der Waals surface area contributed by atoms with Gasteiger partial charge in [0, 0.05) is 12.3 Å². The van der Waals surface area contributed by atoms with E-state index < -0.39 is 11.8 Å². The van der Waals surface area contributed by atoms with Crippen LogP contribution >= 0.6 is 0 Å². The van der Waals surface area contributed by atoms with Gasteiger partial charge in [0.25, 0.3) is 0 Å². The molecule has 25 heavy (non-hydrogen) atoms. The normalized spacial score (nSPS) is 11.2. The molecule has 8 heteroatoms. The number of carbonyl (C=O) groups is 1. The number of benzene rings is 1. The van der Waals surface area contributed by atoms with Crippen LogP contribution in [0.2, 0.25) is 0 Å². The average molecular weight is 342 g/mol. The maximum atomic E-state index is 13.6. The highest BCUT2D eigenvalue weighted by Gasteiger charge is 2.20. The van der Waals surface area contributed by atoms with Crippen LogP contribution in [0.1, 0.15) is 17.4 Å². The first kappa shape index (κ1) is 16.6. The molecule has 0 N–H and O–H groups in total. The van der Waals surface area contributed by atoms with E-state index >= 15 is 0 Å². The van der Waals surface area contributed by atoms with E-state index in [9.17, 15) is 9.18 Å². The lowest BCUT2D eigenvalue weighted by atomic mass is 10.3. The molecule has 0 aliphatic heterocycles. The molecular formula is C17H15FN4O3. The third kappa shape index (κ3) is 3.47. The molecule has 3 rings (SSSR count). The SMILES string of the molecule is CCOC(=O)c1nc2ccc(F)cn2c1N=Nc1cccc(OC)c1. The number of rotatable bonds is 5. The van der Waals surface area contributed by atoms with Crippen LogP contribution in [-0.4, -0.2) is 29.1 Å². The van der Waals surface area contributed by atoms with E-state index in [1.165, 1.54) is 22.7 Å². The monoisotopic (exact) mass is 342 g/mol. The van der Waals surface area contributed by atoms with Gasteiger partial charge in [-0.1, -0.05) is 6.07 Å². The number of pyridine rings is 1. The molecule has 7 nitrogen and oxygen atoms in total. The number of halogens is 1. The lowest BCUT2D eigenvalue weighted by Crippen LogP contribution is -2.05. The van der Waals surface area contributed by atoms with Crippen LogP contribution in [0, 0.1) is 5.82 Å². The molecule has 0 aliphatic rings. The number of hydrogen-bond donors (Lipinski definition) is 0. The minimum absolute atomic E-state index is 0.0286. The summed E-state index contributed by atoms with van der Waals surface area (Å²) in [7, 11) is 1.54. The van der Waals surface area contributed by atoms with Gasteiger partial charge in [-0.05, 0) is 31.2 Å². The summed E-state index contributed by atoms with van der Waals surface area (Å²) < 4.78 is 25.1. The van der Waals surface area contributed by atoms with Gasteiger partial charge in [0.15, 0.2) is 11.5 Å². The standard InChI is InChI=1S/C17H15FN4O3/c1-3-25-17(23)15-16(22-10-11(18)7-8-14(22)19-15)21-20-12-5-4-6-13(9-12)24-2/h4-10H,3H2,1-2H3. The highest BCUT2D eigenvalue weighted by molar-refractivity contribution is 5.93. The minimum Gasteiger partial charge on any atom is -0.497 e. The lowest BCUT2D eigenvalue weighted by Gasteiger charge is -2.01. The van der Waals surface area contributed by atoms with Crippen LogP contribution in [-0.2, 0) is 4.74 Å². The van der Waals surface area contributed by atoms with Crippen LogP contribution in [0.25, 0.3) is 5.65 Å². The molecular weight excluding hydrogens is 327 g/mol. The molecule has 0 saturated heterocycles. The number of ether oxygens (including phenoxy) is 2. The average Bonchev–Trinajstić information content (AvgIpc) is 2.98. The Bertz CT molecular complexity index is 952. The Morgan fingerprint density at radius 1 is 1.28 bits per heavy atom. The van der Waals surface area contributed by atoms with Gasteiger partial charge in [0.05, 0.1) is 19.4 Å². The zero-order chi connectivity index (χ0) is 17.8. The Balaban J connectivity index is 2.08. The van der Waals surface area contributed by atoms with E-state index in [-0.39, 0.29) is 18.1 Å². The summed E-state index contributed by atoms with van der Waals surface area (Å²) in [4.78, 5) is 16.3. The topological polar surface area (TPSA) is 77.5 Å². The largest absolute Gasteiger partial charge is 0.497 e. The molecule has 0 amide bonds. The smallest absolute Gasteiger partial charge is 0.360 e. The summed E-state index contributed by atoms with van der Waals surface area (Å²) in [6.45, 7) is 1.87. The second-order valence-electron chi connectivity index (χ2n) is 4.98. The van der Waals surface area contributed by atoms with E-state index in [0.717, 1.165) is 0 Å². The quantitative estimate of drug-likeness (QED) is 0.517. The Labute approximate surface area is 142 Å². The molecule has 0 spiro atoms. The van der Waals surface area contributed by atoms with Crippen molar-refractivity contribution in [1.82, 2.24) is 9.38 Å². The van der Waals surface area contributed by atoms with Crippen LogP contribution in [0.3, 0.4) is 0 Å². The lowest BCUT2D eigenvalue weighted by molar-refractivity contribution is 0.0521. The van der Waals surface area contributed by atoms with Gasteiger partial charge in [-0.2, -0.15) is 0 Å². The van der Waals surface area contributed by atoms with Gasteiger partial charge in [0.1, 0.15) is 17.2 Å². The third-order valence-corrected chi connectivity index (χ3v) is 3.34. The predicted molar refractivity (Wildman–Crippen MR) is 88.3 cm³/mol. The Morgan fingerprint density at radius 2 is 2.12 bits per heavy atom. The molecule has 2 heterocycles. The van der Waals surface area contributed by atoms with Gasteiger partial charge >= 0.3 is 5.97 Å². The number of imidazole rings is 1. The maximum Gasteiger partial charge on any atom is 0.360 e. The number of fused-ring (bicyclic) bond motifs is 1. The van der Waals surface area contributed by atoms with Crippen LogP contribution in [0.4, 0.5) is 15.9 Å². The molecule has 0 radical (unpaired) electrons. The second-order valence-corrected chi connectivity index (χ2v) is 4.98. The Morgan fingerprint density at radius 3 is 2.88 bits per heavy atom. The Kier molecular flexibility index (Phi) is 4.69. The number of carbonyl (C=O) groups excluding carboxylic acids is 1. The summed E-state index contributed by atoms with van der Waals surface area (Å²) in [5.74, 6) is -0.425. The van der Waals surface area contributed by atoms with E-state index in [1.807, 2.05) is 0 Å². The molecule has 0 unspecified atom stereocenters. The summed E-state index contributed by atoms with van der Waals surface area (Å²) >= 11 is 0. The van der Waals surface area contributed by atoms with E-state index in [1.54, 1.807) is 38.3 Å². The van der Waals surface area contributed by atoms with Crippen molar-refractivity contribution in [2.45, 2.75) is 6.92 Å². The Hall–Kier alpha value is -3.29. The van der Waals surface area contributed by atoms with Crippen LogP contribution in [0.15, 0.2) is 52.8 Å². The van der Waals surface area contributed by atoms with Gasteiger partial charge < -0.3 is 9.47 Å². The molecule has 1 aromatic carbocycles. The molecule has 3 aromatic rings. The summed E-state index contributed by atoms with van der Waals surface area (Å²) in [6.07, 6.45) is 1.19. The predicted octanol–water partition coefficient (Wildman–Crippen LogP) is 4.07. The van der Waals surface area contributed by atoms with Gasteiger partial charge in [-0.3, -0.25) is 4.40 Å². The van der Waals surface area contributed by atoms with E-state index in [0.29, 0.717) is 17.1 Å². The fraction of sp³-hybridized carbons (Fsp3) is 0.176. The summed E-state index contributed by atoms with van der Waals surface area (Å²) in [5.41, 5.74) is 0.851. The number of methoxy groups -OCH3 is 1. The molecule has 0 saturated carbocycles. The fourth-order valence-corrected chi connectivity index (χ4v) is 2.22. The number of aromatic nitrogens is 2. The van der Waals surface area contributed by atoms with E-state index in [4.69, 9.17) is 9.47 Å². The number of esters is 1. The van der Waals surface area contributed by atoms with Crippen molar-refractivity contribution in [2.24, 2.45) is 10.2 Å². The molecule has 0 atom stereocenters. The van der Waals surface area contributed by atoms with Crippen LogP contribution in [0.5, 0.6) is 5.75 Å². The summed E-state index contributed by atoms with van der Waals surface area (Å²) in [5, 5.41) is 8.18. The summed E-state index contributed by atoms with van der Waals surface area (Å²) in [6, 6.07) is 9.63. The van der Waals surface area contributed by atoms with Gasteiger partial charge in [0.2, 0.25) is 0 Å². The zero-order valence-electron chi connectivity index (χ0n) is 13.6. The number of azo groups is 1. The molecule has 0 fully saturated rings. The van der Waals surface area contributed by atoms with Gasteiger partial charge in [-0.15, -0.1) is 10.2 Å². The molecule has 128 valence electrons. The number of hydrogen-bond acceptors (Lipinski definition) is 6. The zero-order valence-corrected chi connectivity index (χ0v) is 13.6. The fourth-order valence-electron chi connectivity index (χ4n) is 2.22. The van der Waals surface area contributed by atoms with Crippen molar-refractivity contribution < 1.29 is 18.7 Å². The molecule has 0 aliphatic carbocycles. The maximum absolute atomic E-state index is 13.6. The van der Waals surface area contributed by atoms with Crippen LogP contribution < -0.4 is 4.74 Å². The minimum atomic E-state index is -0.647. The highest BCUT2D eigenvalue weighted by atomic mass is 19.1. The van der Waals surface area contributed by atoms with Crippen molar-refractivity contribution in [1.29, 1.82) is 0 Å². The van der Waals surface area contributed by atoms with Crippen molar-refractivity contribution in [3.05, 3.63) is 54.1 Å². The van der Waals surface area contributed by atoms with Crippen molar-refractivity contribution >= 4 is 23.1 Å². The van der Waals surface area contributed by atoms with Gasteiger partial charge in [-0.25, -0.2) is 14.2 Å². The van der Waals surface area contributed by atoms with Crippen molar-refractivity contribution in [3.8, 4) is 5.75 Å². The van der Waals surface area contributed by atoms with Crippen molar-refractivity contribution in [2.75, 3.05) is 13.7 Å². The first-order chi connectivity index (χ1) is 12.1. The first-order valence-electron chi connectivity index (χ1n) is 7.53.